The topological polar surface area (TPSA) is 18.5 Å². The van der Waals surface area contributed by atoms with E-state index in [0.717, 1.165) is 6.04 Å². The first-order valence-corrected chi connectivity index (χ1v) is 7.18. The molecule has 0 bridgehead atoms. The smallest absolute Gasteiger partial charge is 0.0351 e. The molecule has 0 spiro atoms. The highest BCUT2D eigenvalue weighted by Crippen LogP contribution is 2.16. The van der Waals surface area contributed by atoms with Gasteiger partial charge in [-0.15, -0.1) is 6.58 Å². The van der Waals surface area contributed by atoms with Crippen molar-refractivity contribution in [3.63, 3.8) is 0 Å². The number of rotatable bonds is 7. The second kappa shape index (κ2) is 7.14. The highest BCUT2D eigenvalue weighted by Gasteiger charge is 2.31. The van der Waals surface area contributed by atoms with Crippen LogP contribution in [0, 0.1) is 0 Å². The molecule has 0 aromatic carbocycles. The summed E-state index contributed by atoms with van der Waals surface area (Å²) in [6.07, 6.45) is 7.26. The highest BCUT2D eigenvalue weighted by atomic mass is 15.3. The normalized spacial score (nSPS) is 23.5. The average molecular weight is 237 g/mol. The second-order valence-electron chi connectivity index (χ2n) is 5.34. The molecule has 2 aliphatic heterocycles. The lowest BCUT2D eigenvalue weighted by atomic mass is 10.1. The van der Waals surface area contributed by atoms with Crippen LogP contribution in [-0.4, -0.2) is 61.7 Å². The Balaban J connectivity index is 1.48. The third-order valence-electron chi connectivity index (χ3n) is 3.99. The summed E-state index contributed by atoms with van der Waals surface area (Å²) < 4.78 is 0. The van der Waals surface area contributed by atoms with Gasteiger partial charge in [-0.2, -0.15) is 0 Å². The van der Waals surface area contributed by atoms with E-state index in [-0.39, 0.29) is 0 Å². The van der Waals surface area contributed by atoms with Crippen molar-refractivity contribution >= 4 is 0 Å². The van der Waals surface area contributed by atoms with Crippen LogP contribution in [0.2, 0.25) is 0 Å². The zero-order valence-electron chi connectivity index (χ0n) is 11.0. The van der Waals surface area contributed by atoms with Gasteiger partial charge in [0.1, 0.15) is 0 Å². The standard InChI is InChI=1S/C14H27N3/c1-2-3-4-5-6-9-16-12-14(13-16)17-10-7-15-8-11-17/h2,14-15H,1,3-13H2. The minimum Gasteiger partial charge on any atom is -0.314 e. The molecule has 2 aliphatic rings. The summed E-state index contributed by atoms with van der Waals surface area (Å²) in [5, 5.41) is 3.42. The first kappa shape index (κ1) is 13.1. The van der Waals surface area contributed by atoms with Gasteiger partial charge < -0.3 is 10.2 Å². The van der Waals surface area contributed by atoms with Crippen molar-refractivity contribution in [2.24, 2.45) is 0 Å². The number of allylic oxidation sites excluding steroid dienone is 1. The molecule has 2 rings (SSSR count). The minimum atomic E-state index is 0.852. The van der Waals surface area contributed by atoms with Crippen molar-refractivity contribution < 1.29 is 0 Å². The Morgan fingerprint density at radius 2 is 1.88 bits per heavy atom. The molecule has 2 heterocycles. The van der Waals surface area contributed by atoms with Gasteiger partial charge in [0.15, 0.2) is 0 Å². The predicted octanol–water partition coefficient (Wildman–Crippen LogP) is 1.32. The number of unbranched alkanes of at least 4 members (excludes halogenated alkanes) is 3. The summed E-state index contributed by atoms with van der Waals surface area (Å²) in [6.45, 7) is 12.5. The van der Waals surface area contributed by atoms with Gasteiger partial charge in [0.2, 0.25) is 0 Å². The first-order valence-electron chi connectivity index (χ1n) is 7.18. The van der Waals surface area contributed by atoms with E-state index < -0.39 is 0 Å². The van der Waals surface area contributed by atoms with Gasteiger partial charge in [-0.05, 0) is 25.8 Å². The lowest BCUT2D eigenvalue weighted by molar-refractivity contribution is 0.0264. The first-order chi connectivity index (χ1) is 8.40. The van der Waals surface area contributed by atoms with Crippen LogP contribution in [0.1, 0.15) is 25.7 Å². The molecule has 0 aromatic rings. The third kappa shape index (κ3) is 4.09. The monoisotopic (exact) mass is 237 g/mol. The van der Waals surface area contributed by atoms with E-state index >= 15 is 0 Å². The molecule has 0 atom stereocenters. The number of nitrogens with zero attached hydrogens (tertiary/aromatic N) is 2. The fourth-order valence-corrected chi connectivity index (χ4v) is 2.80. The lowest BCUT2D eigenvalue weighted by Crippen LogP contribution is -2.62. The maximum Gasteiger partial charge on any atom is 0.0351 e. The molecule has 98 valence electrons. The van der Waals surface area contributed by atoms with Gasteiger partial charge >= 0.3 is 0 Å². The Labute approximate surface area is 106 Å². The second-order valence-corrected chi connectivity index (χ2v) is 5.34. The van der Waals surface area contributed by atoms with Crippen LogP contribution in [0.3, 0.4) is 0 Å². The van der Waals surface area contributed by atoms with Crippen molar-refractivity contribution in [2.75, 3.05) is 45.8 Å². The number of hydrogen-bond donors (Lipinski definition) is 1. The minimum absolute atomic E-state index is 0.852. The van der Waals surface area contributed by atoms with E-state index in [0.29, 0.717) is 0 Å². The van der Waals surface area contributed by atoms with E-state index in [4.69, 9.17) is 0 Å². The zero-order valence-corrected chi connectivity index (χ0v) is 11.0. The summed E-state index contributed by atoms with van der Waals surface area (Å²) >= 11 is 0. The van der Waals surface area contributed by atoms with E-state index in [9.17, 15) is 0 Å². The van der Waals surface area contributed by atoms with E-state index in [1.54, 1.807) is 0 Å². The average Bonchev–Trinajstić information content (AvgIpc) is 2.32. The molecule has 0 radical (unpaired) electrons. The molecule has 2 saturated heterocycles. The fraction of sp³-hybridized carbons (Fsp3) is 0.857. The van der Waals surface area contributed by atoms with Crippen LogP contribution >= 0.6 is 0 Å². The van der Waals surface area contributed by atoms with E-state index in [1.807, 2.05) is 6.08 Å². The summed E-state index contributed by atoms with van der Waals surface area (Å²) in [5.41, 5.74) is 0. The number of nitrogens with one attached hydrogen (secondary N) is 1. The Morgan fingerprint density at radius 1 is 1.12 bits per heavy atom. The largest absolute Gasteiger partial charge is 0.314 e. The summed E-state index contributed by atoms with van der Waals surface area (Å²) in [6, 6.07) is 0.852. The zero-order chi connectivity index (χ0) is 11.9. The molecule has 17 heavy (non-hydrogen) atoms. The number of hydrogen-bond acceptors (Lipinski definition) is 3. The Kier molecular flexibility index (Phi) is 5.49. The van der Waals surface area contributed by atoms with Crippen molar-refractivity contribution in [1.82, 2.24) is 15.1 Å². The number of piperazine rings is 1. The molecule has 0 aliphatic carbocycles. The molecule has 3 nitrogen and oxygen atoms in total. The maximum absolute atomic E-state index is 3.76. The van der Waals surface area contributed by atoms with Crippen molar-refractivity contribution in [3.8, 4) is 0 Å². The van der Waals surface area contributed by atoms with Crippen molar-refractivity contribution in [3.05, 3.63) is 12.7 Å². The van der Waals surface area contributed by atoms with Crippen molar-refractivity contribution in [1.29, 1.82) is 0 Å². The Bertz CT molecular complexity index is 218. The van der Waals surface area contributed by atoms with E-state index in [2.05, 4.69) is 21.7 Å². The van der Waals surface area contributed by atoms with Crippen LogP contribution in [0.5, 0.6) is 0 Å². The summed E-state index contributed by atoms with van der Waals surface area (Å²) in [5.74, 6) is 0. The maximum atomic E-state index is 3.76. The molecule has 0 aromatic heterocycles. The lowest BCUT2D eigenvalue weighted by Gasteiger charge is -2.47. The SMILES string of the molecule is C=CCCCCCN1CC(N2CCNCC2)C1. The van der Waals surface area contributed by atoms with Crippen LogP contribution in [-0.2, 0) is 0 Å². The van der Waals surface area contributed by atoms with Gasteiger partial charge in [0.25, 0.3) is 0 Å². The molecule has 3 heteroatoms. The molecule has 1 N–H and O–H groups in total. The molecule has 0 saturated carbocycles. The fourth-order valence-electron chi connectivity index (χ4n) is 2.80. The van der Waals surface area contributed by atoms with Gasteiger partial charge in [0, 0.05) is 45.3 Å². The van der Waals surface area contributed by atoms with Gasteiger partial charge in [-0.1, -0.05) is 12.5 Å². The highest BCUT2D eigenvalue weighted by molar-refractivity contribution is 4.89. The van der Waals surface area contributed by atoms with Gasteiger partial charge in [-0.25, -0.2) is 0 Å². The molecule has 2 fully saturated rings. The molecular weight excluding hydrogens is 210 g/mol. The van der Waals surface area contributed by atoms with Crippen LogP contribution in [0.15, 0.2) is 12.7 Å². The Morgan fingerprint density at radius 3 is 2.59 bits per heavy atom. The van der Waals surface area contributed by atoms with Gasteiger partial charge in [0.05, 0.1) is 0 Å². The van der Waals surface area contributed by atoms with Crippen LogP contribution in [0.4, 0.5) is 0 Å². The number of likely N-dealkylation sites (tertiary alicyclic amines) is 1. The summed E-state index contributed by atoms with van der Waals surface area (Å²) in [4.78, 5) is 5.27. The molecular formula is C14H27N3. The molecule has 0 unspecified atom stereocenters. The third-order valence-corrected chi connectivity index (χ3v) is 3.99. The summed E-state index contributed by atoms with van der Waals surface area (Å²) in [7, 11) is 0. The van der Waals surface area contributed by atoms with Gasteiger partial charge in [-0.3, -0.25) is 4.90 Å². The van der Waals surface area contributed by atoms with E-state index in [1.165, 1.54) is 71.5 Å². The van der Waals surface area contributed by atoms with Crippen LogP contribution < -0.4 is 5.32 Å². The molecule has 0 amide bonds. The predicted molar refractivity (Wildman–Crippen MR) is 73.3 cm³/mol. The van der Waals surface area contributed by atoms with Crippen molar-refractivity contribution in [2.45, 2.75) is 31.7 Å². The van der Waals surface area contributed by atoms with Crippen LogP contribution in [0.25, 0.3) is 0 Å². The Hall–Kier alpha value is -0.380. The quantitative estimate of drug-likeness (QED) is 0.532.